The van der Waals surface area contributed by atoms with E-state index in [9.17, 15) is 24.0 Å². The maximum absolute atomic E-state index is 13.7. The van der Waals surface area contributed by atoms with Crippen molar-refractivity contribution in [2.24, 2.45) is 35.3 Å². The van der Waals surface area contributed by atoms with Crippen LogP contribution in [0.1, 0.15) is 53.4 Å². The number of ketones is 1. The molecule has 0 bridgehead atoms. The molecule has 4 N–H and O–H groups in total. The summed E-state index contributed by atoms with van der Waals surface area (Å²) in [4.78, 5) is 65.1. The summed E-state index contributed by atoms with van der Waals surface area (Å²) in [5.41, 5.74) is 5.22. The summed E-state index contributed by atoms with van der Waals surface area (Å²) in [7, 11) is 0. The number of nitrogens with two attached hydrogens (primary N) is 1. The molecule has 3 aliphatic rings. The number of nitrogens with one attached hydrogen (secondary N) is 2. The van der Waals surface area contributed by atoms with Gasteiger partial charge in [-0.25, -0.2) is 0 Å². The minimum absolute atomic E-state index is 0.109. The number of carbonyl (C=O) groups is 5. The van der Waals surface area contributed by atoms with E-state index in [1.165, 1.54) is 4.90 Å². The lowest BCUT2D eigenvalue weighted by Crippen LogP contribution is -2.61. The Kier molecular flexibility index (Phi) is 8.33. The first-order chi connectivity index (χ1) is 16.0. The molecule has 34 heavy (non-hydrogen) atoms. The lowest BCUT2D eigenvalue weighted by Gasteiger charge is -2.38. The van der Waals surface area contributed by atoms with E-state index >= 15 is 0 Å². The monoisotopic (exact) mass is 478 g/mol. The Balaban J connectivity index is 1.81. The Hall–Kier alpha value is -2.49. The number of ether oxygens (including phenoxy) is 1. The summed E-state index contributed by atoms with van der Waals surface area (Å²) in [5, 5.41) is 5.59. The van der Waals surface area contributed by atoms with Crippen LogP contribution in [0.25, 0.3) is 0 Å². The number of Topliss-reactive ketones (excluding diaryl/α,β-unsaturated/α-hetero) is 1. The number of hydrogen-bond donors (Lipinski definition) is 3. The Labute approximate surface area is 200 Å². The molecule has 0 radical (unpaired) electrons. The standard InChI is InChI=1S/C24H38N4O6/c1-12(2)16-7-8-28(24(33)18(15-10-34-11-15)27-22(31)13(3)4)19(16)23(32)26-17(9-14-5-6-14)20(29)21(25)30/h12-19H,5-11H2,1-4H3,(H2,25,30)(H,26,32)(H,27,31)/t16-,17?,18?,19+/m1/s1. The van der Waals surface area contributed by atoms with Crippen molar-refractivity contribution in [3.05, 3.63) is 0 Å². The van der Waals surface area contributed by atoms with Crippen LogP contribution >= 0.6 is 0 Å². The molecule has 0 spiro atoms. The predicted molar refractivity (Wildman–Crippen MR) is 123 cm³/mol. The van der Waals surface area contributed by atoms with Gasteiger partial charge in [-0.05, 0) is 30.6 Å². The summed E-state index contributed by atoms with van der Waals surface area (Å²) in [6.07, 6.45) is 2.89. The molecule has 2 saturated heterocycles. The average Bonchev–Trinajstić information content (AvgIpc) is 3.43. The fraction of sp³-hybridized carbons (Fsp3) is 0.792. The van der Waals surface area contributed by atoms with Gasteiger partial charge >= 0.3 is 0 Å². The number of carbonyl (C=O) groups excluding carboxylic acids is 5. The second-order valence-corrected chi connectivity index (χ2v) is 10.6. The van der Waals surface area contributed by atoms with Crippen molar-refractivity contribution in [1.82, 2.24) is 15.5 Å². The van der Waals surface area contributed by atoms with E-state index in [1.807, 2.05) is 13.8 Å². The number of likely N-dealkylation sites (tertiary alicyclic amines) is 1. The lowest BCUT2D eigenvalue weighted by atomic mass is 9.87. The molecule has 3 fully saturated rings. The second-order valence-electron chi connectivity index (χ2n) is 10.6. The normalized spacial score (nSPS) is 24.5. The highest BCUT2D eigenvalue weighted by Crippen LogP contribution is 2.35. The lowest BCUT2D eigenvalue weighted by molar-refractivity contribution is -0.149. The van der Waals surface area contributed by atoms with E-state index < -0.39 is 35.7 Å². The van der Waals surface area contributed by atoms with Crippen LogP contribution in [0.15, 0.2) is 0 Å². The second kappa shape index (κ2) is 10.8. The first-order valence-electron chi connectivity index (χ1n) is 12.3. The maximum Gasteiger partial charge on any atom is 0.287 e. The minimum atomic E-state index is -1.08. The van der Waals surface area contributed by atoms with E-state index in [0.29, 0.717) is 32.6 Å². The van der Waals surface area contributed by atoms with Gasteiger partial charge in [0, 0.05) is 18.4 Å². The molecule has 10 nitrogen and oxygen atoms in total. The van der Waals surface area contributed by atoms with Crippen molar-refractivity contribution in [2.45, 2.75) is 71.5 Å². The van der Waals surface area contributed by atoms with E-state index in [0.717, 1.165) is 12.8 Å². The fourth-order valence-corrected chi connectivity index (χ4v) is 4.77. The molecular weight excluding hydrogens is 440 g/mol. The number of amides is 4. The predicted octanol–water partition coefficient (Wildman–Crippen LogP) is -0.0140. The highest BCUT2D eigenvalue weighted by Gasteiger charge is 2.48. The third kappa shape index (κ3) is 5.95. The topological polar surface area (TPSA) is 148 Å². The van der Waals surface area contributed by atoms with Crippen LogP contribution in [0.3, 0.4) is 0 Å². The van der Waals surface area contributed by atoms with Crippen molar-refractivity contribution in [1.29, 1.82) is 0 Å². The first-order valence-corrected chi connectivity index (χ1v) is 12.3. The smallest absolute Gasteiger partial charge is 0.287 e. The molecule has 0 aromatic rings. The SMILES string of the molecule is CC(C)C(=O)NC(C(=O)N1CC[C@H](C(C)C)[C@H]1C(=O)NC(CC1CC1)C(=O)C(N)=O)C1COC1. The molecule has 2 heterocycles. The van der Waals surface area contributed by atoms with Gasteiger partial charge in [0.05, 0.1) is 19.3 Å². The quantitative estimate of drug-likeness (QED) is 0.356. The fourth-order valence-electron chi connectivity index (χ4n) is 4.77. The molecule has 4 amide bonds. The van der Waals surface area contributed by atoms with Crippen LogP contribution in [-0.2, 0) is 28.7 Å². The minimum Gasteiger partial charge on any atom is -0.380 e. The summed E-state index contributed by atoms with van der Waals surface area (Å²) in [6, 6.07) is -2.56. The summed E-state index contributed by atoms with van der Waals surface area (Å²) < 4.78 is 5.27. The molecule has 0 aromatic carbocycles. The molecule has 10 heteroatoms. The third-order valence-electron chi connectivity index (χ3n) is 7.22. The Morgan fingerprint density at radius 3 is 2.12 bits per heavy atom. The van der Waals surface area contributed by atoms with Crippen molar-refractivity contribution >= 4 is 29.4 Å². The van der Waals surface area contributed by atoms with Crippen LogP contribution in [0.4, 0.5) is 0 Å². The van der Waals surface area contributed by atoms with Crippen LogP contribution in [0, 0.1) is 29.6 Å². The molecular formula is C24H38N4O6. The number of nitrogens with zero attached hydrogens (tertiary/aromatic N) is 1. The van der Waals surface area contributed by atoms with E-state index in [1.54, 1.807) is 13.8 Å². The van der Waals surface area contributed by atoms with Crippen LogP contribution < -0.4 is 16.4 Å². The van der Waals surface area contributed by atoms with Crippen molar-refractivity contribution < 1.29 is 28.7 Å². The Morgan fingerprint density at radius 2 is 1.65 bits per heavy atom. The van der Waals surface area contributed by atoms with Crippen molar-refractivity contribution in [3.63, 3.8) is 0 Å². The van der Waals surface area contributed by atoms with E-state index in [4.69, 9.17) is 10.5 Å². The zero-order chi connectivity index (χ0) is 25.2. The molecule has 2 unspecified atom stereocenters. The van der Waals surface area contributed by atoms with E-state index in [2.05, 4.69) is 10.6 Å². The number of primary amides is 1. The van der Waals surface area contributed by atoms with Gasteiger partial charge < -0.3 is 26.0 Å². The maximum atomic E-state index is 13.7. The Bertz CT molecular complexity index is 820. The average molecular weight is 479 g/mol. The van der Waals surface area contributed by atoms with Crippen LogP contribution in [0.2, 0.25) is 0 Å². The molecule has 1 aliphatic carbocycles. The van der Waals surface area contributed by atoms with Gasteiger partial charge in [0.25, 0.3) is 5.91 Å². The van der Waals surface area contributed by atoms with Crippen molar-refractivity contribution in [3.8, 4) is 0 Å². The summed E-state index contributed by atoms with van der Waals surface area (Å²) >= 11 is 0. The van der Waals surface area contributed by atoms with Gasteiger partial charge in [-0.15, -0.1) is 0 Å². The van der Waals surface area contributed by atoms with Gasteiger partial charge in [-0.1, -0.05) is 40.5 Å². The molecule has 4 atom stereocenters. The summed E-state index contributed by atoms with van der Waals surface area (Å²) in [6.45, 7) is 8.60. The molecule has 0 aromatic heterocycles. The molecule has 2 aliphatic heterocycles. The van der Waals surface area contributed by atoms with Gasteiger partial charge in [0.15, 0.2) is 0 Å². The van der Waals surface area contributed by atoms with Crippen LogP contribution in [-0.4, -0.2) is 72.2 Å². The highest BCUT2D eigenvalue weighted by atomic mass is 16.5. The van der Waals surface area contributed by atoms with Gasteiger partial charge in [-0.3, -0.25) is 24.0 Å². The number of hydrogen-bond acceptors (Lipinski definition) is 6. The number of rotatable bonds is 11. The molecule has 190 valence electrons. The van der Waals surface area contributed by atoms with Gasteiger partial charge in [-0.2, -0.15) is 0 Å². The van der Waals surface area contributed by atoms with Gasteiger partial charge in [0.1, 0.15) is 12.1 Å². The first kappa shape index (κ1) is 26.1. The molecule has 3 rings (SSSR count). The Morgan fingerprint density at radius 1 is 1.00 bits per heavy atom. The van der Waals surface area contributed by atoms with Crippen molar-refractivity contribution in [2.75, 3.05) is 19.8 Å². The molecule has 1 saturated carbocycles. The largest absolute Gasteiger partial charge is 0.380 e. The zero-order valence-corrected chi connectivity index (χ0v) is 20.5. The van der Waals surface area contributed by atoms with Crippen LogP contribution in [0.5, 0.6) is 0 Å². The summed E-state index contributed by atoms with van der Waals surface area (Å²) in [5.74, 6) is -3.07. The zero-order valence-electron chi connectivity index (χ0n) is 20.5. The van der Waals surface area contributed by atoms with Gasteiger partial charge in [0.2, 0.25) is 23.5 Å². The highest BCUT2D eigenvalue weighted by molar-refractivity contribution is 6.37. The van der Waals surface area contributed by atoms with E-state index in [-0.39, 0.29) is 41.4 Å². The third-order valence-corrected chi connectivity index (χ3v) is 7.22.